The first-order valence-electron chi connectivity index (χ1n) is 5.88. The average Bonchev–Trinajstić information content (AvgIpc) is 2.14. The zero-order valence-electron chi connectivity index (χ0n) is 10.8. The molecule has 0 bridgehead atoms. The van der Waals surface area contributed by atoms with Gasteiger partial charge in [-0.05, 0) is 24.7 Å². The summed E-state index contributed by atoms with van der Waals surface area (Å²) >= 11 is 0. The van der Waals surface area contributed by atoms with Gasteiger partial charge in [0.1, 0.15) is 0 Å². The second-order valence-electron chi connectivity index (χ2n) is 5.02. The van der Waals surface area contributed by atoms with Crippen LogP contribution >= 0.6 is 0 Å². The largest absolute Gasteiger partial charge is 0.481 e. The average molecular weight is 265 g/mol. The van der Waals surface area contributed by atoms with E-state index in [4.69, 9.17) is 5.11 Å². The van der Waals surface area contributed by atoms with E-state index >= 15 is 0 Å². The molecule has 0 saturated carbocycles. The molecule has 102 valence electrons. The van der Waals surface area contributed by atoms with Crippen molar-refractivity contribution in [1.82, 2.24) is 4.72 Å². The number of carboxylic acid groups (broad SMARTS) is 1. The molecular formula is C11H23NO4S. The lowest BCUT2D eigenvalue weighted by Gasteiger charge is -2.23. The molecule has 0 aliphatic rings. The minimum atomic E-state index is -3.15. The second-order valence-corrected chi connectivity index (χ2v) is 6.95. The van der Waals surface area contributed by atoms with Crippen LogP contribution in [-0.2, 0) is 14.8 Å². The van der Waals surface area contributed by atoms with Crippen LogP contribution in [0, 0.1) is 5.41 Å². The molecule has 0 fully saturated rings. The molecule has 0 aliphatic heterocycles. The minimum Gasteiger partial charge on any atom is -0.481 e. The third-order valence-electron chi connectivity index (χ3n) is 2.61. The molecule has 0 radical (unpaired) electrons. The smallest absolute Gasteiger partial charge is 0.303 e. The monoisotopic (exact) mass is 265 g/mol. The van der Waals surface area contributed by atoms with Gasteiger partial charge in [-0.15, -0.1) is 0 Å². The molecule has 0 heterocycles. The molecule has 0 aromatic carbocycles. The molecule has 6 heteroatoms. The summed E-state index contributed by atoms with van der Waals surface area (Å²) in [6.07, 6.45) is 1.91. The van der Waals surface area contributed by atoms with E-state index in [1.54, 1.807) is 0 Å². The summed E-state index contributed by atoms with van der Waals surface area (Å²) in [4.78, 5) is 10.5. The quantitative estimate of drug-likeness (QED) is 0.663. The van der Waals surface area contributed by atoms with E-state index in [0.717, 1.165) is 0 Å². The van der Waals surface area contributed by atoms with Crippen LogP contribution in [0.5, 0.6) is 0 Å². The van der Waals surface area contributed by atoms with Crippen LogP contribution in [0.15, 0.2) is 0 Å². The predicted molar refractivity (Wildman–Crippen MR) is 67.3 cm³/mol. The maximum absolute atomic E-state index is 11.4. The molecule has 0 aliphatic carbocycles. The number of aliphatic carboxylic acids is 1. The lowest BCUT2D eigenvalue weighted by Crippen LogP contribution is -2.30. The van der Waals surface area contributed by atoms with Crippen molar-refractivity contribution < 1.29 is 18.3 Å². The number of rotatable bonds is 9. The van der Waals surface area contributed by atoms with Crippen molar-refractivity contribution in [3.05, 3.63) is 0 Å². The molecule has 17 heavy (non-hydrogen) atoms. The van der Waals surface area contributed by atoms with Gasteiger partial charge in [-0.25, -0.2) is 13.1 Å². The van der Waals surface area contributed by atoms with Gasteiger partial charge >= 0.3 is 5.97 Å². The zero-order chi connectivity index (χ0) is 13.5. The van der Waals surface area contributed by atoms with Crippen molar-refractivity contribution in [2.75, 3.05) is 12.3 Å². The Morgan fingerprint density at radius 1 is 1.29 bits per heavy atom. The molecule has 2 N–H and O–H groups in total. The summed E-state index contributed by atoms with van der Waals surface area (Å²) in [6.45, 7) is 6.08. The van der Waals surface area contributed by atoms with Crippen molar-refractivity contribution in [2.45, 2.75) is 46.5 Å². The van der Waals surface area contributed by atoms with Gasteiger partial charge in [0.2, 0.25) is 10.0 Å². The van der Waals surface area contributed by atoms with Gasteiger partial charge < -0.3 is 5.11 Å². The Kier molecular flexibility index (Phi) is 6.70. The molecular weight excluding hydrogens is 242 g/mol. The van der Waals surface area contributed by atoms with Crippen LogP contribution < -0.4 is 4.72 Å². The van der Waals surface area contributed by atoms with E-state index in [2.05, 4.69) is 4.72 Å². The van der Waals surface area contributed by atoms with Crippen molar-refractivity contribution in [1.29, 1.82) is 0 Å². The summed E-state index contributed by atoms with van der Waals surface area (Å²) in [5.74, 6) is -0.674. The van der Waals surface area contributed by atoms with E-state index in [1.807, 2.05) is 20.8 Å². The van der Waals surface area contributed by atoms with Crippen molar-refractivity contribution in [3.8, 4) is 0 Å². The number of hydrogen-bond acceptors (Lipinski definition) is 3. The van der Waals surface area contributed by atoms with E-state index in [1.165, 1.54) is 0 Å². The summed E-state index contributed by atoms with van der Waals surface area (Å²) in [5, 5.41) is 8.59. The van der Waals surface area contributed by atoms with Gasteiger partial charge in [-0.2, -0.15) is 0 Å². The molecule has 0 saturated heterocycles. The first-order chi connectivity index (χ1) is 7.68. The Labute approximate surface area is 104 Å². The van der Waals surface area contributed by atoms with E-state index in [-0.39, 0.29) is 17.6 Å². The van der Waals surface area contributed by atoms with E-state index in [9.17, 15) is 13.2 Å². The van der Waals surface area contributed by atoms with Gasteiger partial charge in [0.05, 0.1) is 5.75 Å². The highest BCUT2D eigenvalue weighted by Crippen LogP contribution is 2.26. The molecule has 0 unspecified atom stereocenters. The fourth-order valence-electron chi connectivity index (χ4n) is 1.46. The lowest BCUT2D eigenvalue weighted by molar-refractivity contribution is -0.137. The molecule has 0 amide bonds. The van der Waals surface area contributed by atoms with Gasteiger partial charge in [-0.1, -0.05) is 20.8 Å². The Morgan fingerprint density at radius 3 is 2.35 bits per heavy atom. The third-order valence-corrected chi connectivity index (χ3v) is 4.20. The highest BCUT2D eigenvalue weighted by Gasteiger charge is 2.19. The Hall–Kier alpha value is -0.620. The zero-order valence-corrected chi connectivity index (χ0v) is 11.6. The summed E-state index contributed by atoms with van der Waals surface area (Å²) in [7, 11) is -3.15. The van der Waals surface area contributed by atoms with Crippen molar-refractivity contribution >= 4 is 16.0 Å². The molecule has 5 nitrogen and oxygen atoms in total. The summed E-state index contributed by atoms with van der Waals surface area (Å²) in [5.41, 5.74) is -0.160. The second kappa shape index (κ2) is 6.96. The maximum Gasteiger partial charge on any atom is 0.303 e. The summed E-state index contributed by atoms with van der Waals surface area (Å²) < 4.78 is 25.3. The molecule has 0 rings (SSSR count). The van der Waals surface area contributed by atoms with Crippen LogP contribution in [0.25, 0.3) is 0 Å². The highest BCUT2D eigenvalue weighted by atomic mass is 32.2. The van der Waals surface area contributed by atoms with Gasteiger partial charge in [-0.3, -0.25) is 4.79 Å². The van der Waals surface area contributed by atoms with Crippen molar-refractivity contribution in [3.63, 3.8) is 0 Å². The van der Waals surface area contributed by atoms with Crippen LogP contribution in [0.1, 0.15) is 46.5 Å². The normalized spacial score (nSPS) is 12.6. The van der Waals surface area contributed by atoms with Crippen molar-refractivity contribution in [2.24, 2.45) is 5.41 Å². The first kappa shape index (κ1) is 16.4. The van der Waals surface area contributed by atoms with Gasteiger partial charge in [0, 0.05) is 13.0 Å². The predicted octanol–water partition coefficient (Wildman–Crippen LogP) is 1.60. The SMILES string of the molecule is CCCS(=O)(=O)NCCC(C)(C)CCC(=O)O. The minimum absolute atomic E-state index is 0.120. The van der Waals surface area contributed by atoms with E-state index < -0.39 is 16.0 Å². The maximum atomic E-state index is 11.4. The Bertz CT molecular complexity index is 335. The number of carbonyl (C=O) groups is 1. The van der Waals surface area contributed by atoms with Gasteiger partial charge in [0.15, 0.2) is 0 Å². The fraction of sp³-hybridized carbons (Fsp3) is 0.909. The topological polar surface area (TPSA) is 83.5 Å². The van der Waals surface area contributed by atoms with Crippen LogP contribution in [-0.4, -0.2) is 31.8 Å². The fourth-order valence-corrected chi connectivity index (χ4v) is 2.55. The molecule has 0 spiro atoms. The van der Waals surface area contributed by atoms with Crippen LogP contribution in [0.3, 0.4) is 0 Å². The van der Waals surface area contributed by atoms with Crippen LogP contribution in [0.2, 0.25) is 0 Å². The molecule has 0 aromatic heterocycles. The highest BCUT2D eigenvalue weighted by molar-refractivity contribution is 7.89. The number of sulfonamides is 1. The third kappa shape index (κ3) is 9.12. The van der Waals surface area contributed by atoms with E-state index in [0.29, 0.717) is 25.8 Å². The molecule has 0 aromatic rings. The lowest BCUT2D eigenvalue weighted by atomic mass is 9.84. The number of carboxylic acids is 1. The van der Waals surface area contributed by atoms with Gasteiger partial charge in [0.25, 0.3) is 0 Å². The number of nitrogens with one attached hydrogen (secondary N) is 1. The molecule has 0 atom stereocenters. The summed E-state index contributed by atoms with van der Waals surface area (Å²) in [6, 6.07) is 0. The van der Waals surface area contributed by atoms with Crippen LogP contribution in [0.4, 0.5) is 0 Å². The standard InChI is InChI=1S/C11H23NO4S/c1-4-9-17(15,16)12-8-7-11(2,3)6-5-10(13)14/h12H,4-9H2,1-3H3,(H,13,14). The number of hydrogen-bond donors (Lipinski definition) is 2. The Morgan fingerprint density at radius 2 is 1.88 bits per heavy atom. The first-order valence-corrected chi connectivity index (χ1v) is 7.53. The Balaban J connectivity index is 3.98.